The number of hydrogen-bond donors (Lipinski definition) is 2. The number of fused-ring (bicyclic) bond motifs is 1. The molecule has 2 N–H and O–H groups in total. The van der Waals surface area contributed by atoms with Crippen molar-refractivity contribution < 1.29 is 14.7 Å². The highest BCUT2D eigenvalue weighted by atomic mass is 16.4. The van der Waals surface area contributed by atoms with Crippen LogP contribution >= 0.6 is 0 Å². The second kappa shape index (κ2) is 5.95. The molecule has 2 aromatic heterocycles. The largest absolute Gasteiger partial charge is 0.481 e. The lowest BCUT2D eigenvalue weighted by Crippen LogP contribution is -2.49. The molecule has 6 nitrogen and oxygen atoms in total. The molecule has 21 heavy (non-hydrogen) atoms. The second-order valence-corrected chi connectivity index (χ2v) is 5.10. The van der Waals surface area contributed by atoms with E-state index < -0.39 is 11.5 Å². The Morgan fingerprint density at radius 1 is 1.33 bits per heavy atom. The highest BCUT2D eigenvalue weighted by Gasteiger charge is 2.31. The van der Waals surface area contributed by atoms with Crippen LogP contribution in [-0.2, 0) is 4.79 Å². The summed E-state index contributed by atoms with van der Waals surface area (Å²) in [6.07, 6.45) is 4.28. The van der Waals surface area contributed by atoms with Crippen molar-refractivity contribution in [3.8, 4) is 0 Å². The van der Waals surface area contributed by atoms with Crippen LogP contribution in [0.15, 0.2) is 30.6 Å². The van der Waals surface area contributed by atoms with Gasteiger partial charge < -0.3 is 10.4 Å². The monoisotopic (exact) mass is 289 g/mol. The number of carbonyl (C=O) groups excluding carboxylic acids is 1. The molecule has 2 aromatic rings. The summed E-state index contributed by atoms with van der Waals surface area (Å²) < 4.78 is 1.62. The van der Waals surface area contributed by atoms with E-state index in [0.717, 1.165) is 0 Å². The molecule has 0 aliphatic rings. The molecule has 0 radical (unpaired) electrons. The minimum Gasteiger partial charge on any atom is -0.481 e. The van der Waals surface area contributed by atoms with Gasteiger partial charge in [-0.2, -0.15) is 5.10 Å². The molecule has 0 bridgehead atoms. The zero-order valence-electron chi connectivity index (χ0n) is 12.2. The van der Waals surface area contributed by atoms with Crippen LogP contribution in [0.25, 0.3) is 5.52 Å². The fourth-order valence-corrected chi connectivity index (χ4v) is 2.43. The SMILES string of the molecule is CCC(CC)(CC(=O)O)NC(=O)c1cnn2ccccc12. The lowest BCUT2D eigenvalue weighted by molar-refractivity contribution is -0.138. The van der Waals surface area contributed by atoms with Crippen LogP contribution in [0.5, 0.6) is 0 Å². The van der Waals surface area contributed by atoms with Crippen molar-refractivity contribution in [2.45, 2.75) is 38.6 Å². The average molecular weight is 289 g/mol. The van der Waals surface area contributed by atoms with Crippen molar-refractivity contribution in [2.24, 2.45) is 0 Å². The smallest absolute Gasteiger partial charge is 0.305 e. The van der Waals surface area contributed by atoms with Gasteiger partial charge >= 0.3 is 5.97 Å². The van der Waals surface area contributed by atoms with Crippen molar-refractivity contribution in [1.29, 1.82) is 0 Å². The van der Waals surface area contributed by atoms with Gasteiger partial charge in [-0.25, -0.2) is 4.52 Å². The van der Waals surface area contributed by atoms with Crippen LogP contribution in [-0.4, -0.2) is 32.1 Å². The zero-order chi connectivity index (χ0) is 15.5. The van der Waals surface area contributed by atoms with Gasteiger partial charge in [0.15, 0.2) is 0 Å². The molecule has 1 amide bonds. The number of carbonyl (C=O) groups is 2. The summed E-state index contributed by atoms with van der Waals surface area (Å²) in [4.78, 5) is 23.5. The van der Waals surface area contributed by atoms with Gasteiger partial charge in [-0.15, -0.1) is 0 Å². The lowest BCUT2D eigenvalue weighted by atomic mass is 9.88. The van der Waals surface area contributed by atoms with E-state index in [-0.39, 0.29) is 12.3 Å². The molecule has 2 heterocycles. The van der Waals surface area contributed by atoms with Crippen molar-refractivity contribution in [1.82, 2.24) is 14.9 Å². The van der Waals surface area contributed by atoms with Crippen molar-refractivity contribution in [2.75, 3.05) is 0 Å². The number of carboxylic acids is 1. The Hall–Kier alpha value is -2.37. The summed E-state index contributed by atoms with van der Waals surface area (Å²) in [5.41, 5.74) is 0.421. The maximum absolute atomic E-state index is 12.5. The van der Waals surface area contributed by atoms with Crippen LogP contribution in [0.2, 0.25) is 0 Å². The predicted octanol–water partition coefficient (Wildman–Crippen LogP) is 2.10. The first-order valence-corrected chi connectivity index (χ1v) is 6.98. The molecule has 0 spiro atoms. The minimum atomic E-state index is -0.918. The minimum absolute atomic E-state index is 0.0923. The third-order valence-electron chi connectivity index (χ3n) is 3.89. The molecule has 0 unspecified atom stereocenters. The van der Waals surface area contributed by atoms with E-state index in [4.69, 9.17) is 5.11 Å². The number of aliphatic carboxylic acids is 1. The van der Waals surface area contributed by atoms with E-state index in [1.54, 1.807) is 16.8 Å². The molecule has 2 rings (SSSR count). The number of carboxylic acid groups (broad SMARTS) is 1. The van der Waals surface area contributed by atoms with E-state index in [1.165, 1.54) is 6.20 Å². The summed E-state index contributed by atoms with van der Waals surface area (Å²) in [6.45, 7) is 3.76. The predicted molar refractivity (Wildman–Crippen MR) is 78.2 cm³/mol. The molecule has 0 saturated heterocycles. The first-order valence-electron chi connectivity index (χ1n) is 6.98. The number of pyridine rings is 1. The van der Waals surface area contributed by atoms with Crippen molar-refractivity contribution >= 4 is 17.4 Å². The first kappa shape index (κ1) is 15.0. The Balaban J connectivity index is 2.28. The second-order valence-electron chi connectivity index (χ2n) is 5.10. The van der Waals surface area contributed by atoms with E-state index in [2.05, 4.69) is 10.4 Å². The Kier molecular flexibility index (Phi) is 4.26. The van der Waals surface area contributed by atoms with Gasteiger partial charge in [0.05, 0.1) is 29.2 Å². The van der Waals surface area contributed by atoms with Crippen molar-refractivity contribution in [3.05, 3.63) is 36.2 Å². The van der Waals surface area contributed by atoms with E-state index in [0.29, 0.717) is 23.9 Å². The molecule has 6 heteroatoms. The number of hydrogen-bond acceptors (Lipinski definition) is 3. The highest BCUT2D eigenvalue weighted by molar-refractivity contribution is 6.01. The summed E-state index contributed by atoms with van der Waals surface area (Å²) >= 11 is 0. The van der Waals surface area contributed by atoms with Crippen LogP contribution < -0.4 is 5.32 Å². The van der Waals surface area contributed by atoms with Crippen molar-refractivity contribution in [3.63, 3.8) is 0 Å². The zero-order valence-corrected chi connectivity index (χ0v) is 12.2. The number of nitrogens with one attached hydrogen (secondary N) is 1. The van der Waals surface area contributed by atoms with Crippen LogP contribution in [0, 0.1) is 0 Å². The van der Waals surface area contributed by atoms with Gasteiger partial charge in [0.2, 0.25) is 0 Å². The molecule has 0 aliphatic carbocycles. The Morgan fingerprint density at radius 3 is 2.67 bits per heavy atom. The topological polar surface area (TPSA) is 83.7 Å². The standard InChI is InChI=1S/C15H19N3O3/c1-3-15(4-2,9-13(19)20)17-14(21)11-10-16-18-8-6-5-7-12(11)18/h5-8,10H,3-4,9H2,1-2H3,(H,17,21)(H,19,20). The number of rotatable bonds is 6. The van der Waals surface area contributed by atoms with Crippen LogP contribution in [0.4, 0.5) is 0 Å². The van der Waals surface area contributed by atoms with Gasteiger partial charge in [0.25, 0.3) is 5.91 Å². The molecular formula is C15H19N3O3. The lowest BCUT2D eigenvalue weighted by Gasteiger charge is -2.31. The quantitative estimate of drug-likeness (QED) is 0.853. The third kappa shape index (κ3) is 3.04. The molecule has 0 aromatic carbocycles. The van der Waals surface area contributed by atoms with Gasteiger partial charge in [-0.3, -0.25) is 9.59 Å². The average Bonchev–Trinajstić information content (AvgIpc) is 2.90. The third-order valence-corrected chi connectivity index (χ3v) is 3.89. The molecule has 0 aliphatic heterocycles. The number of nitrogens with zero attached hydrogens (tertiary/aromatic N) is 2. The maximum Gasteiger partial charge on any atom is 0.305 e. The molecule has 0 saturated carbocycles. The Bertz CT molecular complexity index is 659. The Morgan fingerprint density at radius 2 is 2.05 bits per heavy atom. The normalized spacial score (nSPS) is 11.5. The van der Waals surface area contributed by atoms with Gasteiger partial charge in [-0.1, -0.05) is 19.9 Å². The van der Waals surface area contributed by atoms with Gasteiger partial charge in [-0.05, 0) is 25.0 Å². The fraction of sp³-hybridized carbons (Fsp3) is 0.400. The van der Waals surface area contributed by atoms with E-state index in [1.807, 2.05) is 26.0 Å². The summed E-state index contributed by atoms with van der Waals surface area (Å²) in [5.74, 6) is -1.21. The first-order chi connectivity index (χ1) is 10.0. The molecule has 0 fully saturated rings. The molecule has 112 valence electrons. The highest BCUT2D eigenvalue weighted by Crippen LogP contribution is 2.21. The number of amides is 1. The van der Waals surface area contributed by atoms with E-state index >= 15 is 0 Å². The van der Waals surface area contributed by atoms with Crippen LogP contribution in [0.1, 0.15) is 43.5 Å². The number of aromatic nitrogens is 2. The summed E-state index contributed by atoms with van der Waals surface area (Å²) in [7, 11) is 0. The Labute approximate surface area is 122 Å². The summed E-state index contributed by atoms with van der Waals surface area (Å²) in [6, 6.07) is 5.46. The molecule has 0 atom stereocenters. The maximum atomic E-state index is 12.5. The van der Waals surface area contributed by atoms with Gasteiger partial charge in [0, 0.05) is 6.20 Å². The summed E-state index contributed by atoms with van der Waals surface area (Å²) in [5, 5.41) is 16.1. The van der Waals surface area contributed by atoms with Crippen LogP contribution in [0.3, 0.4) is 0 Å². The van der Waals surface area contributed by atoms with E-state index in [9.17, 15) is 9.59 Å². The van der Waals surface area contributed by atoms with Gasteiger partial charge in [0.1, 0.15) is 0 Å². The molecular weight excluding hydrogens is 270 g/mol. The fourth-order valence-electron chi connectivity index (χ4n) is 2.43.